The van der Waals surface area contributed by atoms with Gasteiger partial charge in [0.15, 0.2) is 0 Å². The first-order valence-electron chi connectivity index (χ1n) is 4.99. The molecule has 1 aromatic carbocycles. The Balaban J connectivity index is 2.49. The zero-order valence-electron chi connectivity index (χ0n) is 8.77. The Bertz CT molecular complexity index is 395. The molecule has 1 aliphatic rings. The average molecular weight is 231 g/mol. The number of hydrogen-bond acceptors (Lipinski definition) is 2. The molecule has 16 heavy (non-hydrogen) atoms. The first-order chi connectivity index (χ1) is 7.56. The maximum atomic E-state index is 13.5. The van der Waals surface area contributed by atoms with E-state index < -0.39 is 24.5 Å². The van der Waals surface area contributed by atoms with E-state index in [0.717, 1.165) is 0 Å². The van der Waals surface area contributed by atoms with Crippen LogP contribution in [0.15, 0.2) is 18.2 Å². The third kappa shape index (κ3) is 1.81. The highest BCUT2D eigenvalue weighted by atomic mass is 19.3. The molecule has 0 radical (unpaired) electrons. The molecule has 1 aromatic rings. The van der Waals surface area contributed by atoms with Crippen molar-refractivity contribution in [2.45, 2.75) is 12.0 Å². The van der Waals surface area contributed by atoms with Crippen LogP contribution in [0.4, 0.5) is 13.2 Å². The van der Waals surface area contributed by atoms with E-state index in [4.69, 9.17) is 4.74 Å². The van der Waals surface area contributed by atoms with Gasteiger partial charge in [0.25, 0.3) is 5.92 Å². The molecule has 0 saturated heterocycles. The van der Waals surface area contributed by atoms with Gasteiger partial charge in [-0.25, -0.2) is 4.39 Å². The number of alkyl halides is 2. The molecule has 1 atom stereocenters. The van der Waals surface area contributed by atoms with Gasteiger partial charge in [-0.3, -0.25) is 0 Å². The summed E-state index contributed by atoms with van der Waals surface area (Å²) in [5.41, 5.74) is -0.299. The van der Waals surface area contributed by atoms with E-state index in [9.17, 15) is 13.2 Å². The Hall–Kier alpha value is -1.07. The maximum absolute atomic E-state index is 13.5. The molecule has 0 fully saturated rings. The normalized spacial score (nSPS) is 22.9. The molecule has 1 aliphatic heterocycles. The maximum Gasteiger partial charge on any atom is 0.296 e. The zero-order chi connectivity index (χ0) is 11.8. The Morgan fingerprint density at radius 2 is 2.25 bits per heavy atom. The van der Waals surface area contributed by atoms with E-state index in [1.54, 1.807) is 7.05 Å². The molecule has 0 amide bonds. The Labute approximate surface area is 91.4 Å². The number of rotatable bonds is 2. The van der Waals surface area contributed by atoms with Crippen molar-refractivity contribution in [2.75, 3.05) is 20.2 Å². The number of fused-ring (bicyclic) bond motifs is 1. The van der Waals surface area contributed by atoms with Crippen molar-refractivity contribution < 1.29 is 17.9 Å². The van der Waals surface area contributed by atoms with E-state index >= 15 is 0 Å². The fourth-order valence-corrected chi connectivity index (χ4v) is 1.90. The fraction of sp³-hybridized carbons (Fsp3) is 0.455. The molecule has 0 aliphatic carbocycles. The van der Waals surface area contributed by atoms with E-state index in [1.807, 2.05) is 0 Å². The molecular weight excluding hydrogens is 219 g/mol. The molecule has 0 spiro atoms. The zero-order valence-corrected chi connectivity index (χ0v) is 8.77. The molecule has 0 saturated carbocycles. The van der Waals surface area contributed by atoms with Gasteiger partial charge in [0.05, 0.1) is 6.10 Å². The molecule has 5 heteroatoms. The summed E-state index contributed by atoms with van der Waals surface area (Å²) in [6.07, 6.45) is -0.652. The second-order valence-electron chi connectivity index (χ2n) is 3.76. The molecule has 2 nitrogen and oxygen atoms in total. The number of halogens is 3. The third-order valence-corrected chi connectivity index (χ3v) is 2.62. The first-order valence-corrected chi connectivity index (χ1v) is 4.99. The van der Waals surface area contributed by atoms with Gasteiger partial charge >= 0.3 is 0 Å². The Morgan fingerprint density at radius 3 is 2.94 bits per heavy atom. The molecule has 1 N–H and O–H groups in total. The Morgan fingerprint density at radius 1 is 1.50 bits per heavy atom. The standard InChI is InChI=1S/C11H12F3NO/c1-15-5-9-10-7(3-2-4-8(10)12)11(13,14)6-16-9/h2-4,9,15H,5-6H2,1H3/t9-/m0/s1. The van der Waals surface area contributed by atoms with Crippen LogP contribution in [0.5, 0.6) is 0 Å². The van der Waals surface area contributed by atoms with E-state index in [1.165, 1.54) is 18.2 Å². The van der Waals surface area contributed by atoms with Gasteiger partial charge in [0, 0.05) is 17.7 Å². The molecule has 0 unspecified atom stereocenters. The van der Waals surface area contributed by atoms with Crippen LogP contribution in [-0.4, -0.2) is 20.2 Å². The summed E-state index contributed by atoms with van der Waals surface area (Å²) in [6.45, 7) is -0.389. The van der Waals surface area contributed by atoms with Crippen molar-refractivity contribution in [3.05, 3.63) is 35.1 Å². The van der Waals surface area contributed by atoms with Crippen molar-refractivity contribution in [3.63, 3.8) is 0 Å². The van der Waals surface area contributed by atoms with Gasteiger partial charge in [0.1, 0.15) is 12.4 Å². The Kier molecular flexibility index (Phi) is 2.90. The van der Waals surface area contributed by atoms with Crippen LogP contribution in [0.2, 0.25) is 0 Å². The molecular formula is C11H12F3NO. The van der Waals surface area contributed by atoms with Crippen LogP contribution < -0.4 is 5.32 Å². The second kappa shape index (κ2) is 4.07. The number of hydrogen-bond donors (Lipinski definition) is 1. The minimum Gasteiger partial charge on any atom is -0.365 e. The minimum absolute atomic E-state index is 0.0342. The van der Waals surface area contributed by atoms with Gasteiger partial charge in [-0.1, -0.05) is 12.1 Å². The summed E-state index contributed by atoms with van der Waals surface area (Å²) in [7, 11) is 1.66. The second-order valence-corrected chi connectivity index (χ2v) is 3.76. The lowest BCUT2D eigenvalue weighted by molar-refractivity contribution is -0.124. The smallest absolute Gasteiger partial charge is 0.296 e. The van der Waals surface area contributed by atoms with Gasteiger partial charge < -0.3 is 10.1 Å². The largest absolute Gasteiger partial charge is 0.365 e. The summed E-state index contributed by atoms with van der Waals surface area (Å²) in [5, 5.41) is 2.80. The monoisotopic (exact) mass is 231 g/mol. The summed E-state index contributed by atoms with van der Waals surface area (Å²) in [6, 6.07) is 3.72. The minimum atomic E-state index is -3.11. The van der Waals surface area contributed by atoms with Crippen LogP contribution in [0.1, 0.15) is 17.2 Å². The first kappa shape index (κ1) is 11.4. The van der Waals surface area contributed by atoms with Crippen LogP contribution in [0.3, 0.4) is 0 Å². The number of benzene rings is 1. The van der Waals surface area contributed by atoms with Gasteiger partial charge in [-0.05, 0) is 13.1 Å². The summed E-state index contributed by atoms with van der Waals surface area (Å²) in [4.78, 5) is 0. The van der Waals surface area contributed by atoms with Crippen molar-refractivity contribution in [1.82, 2.24) is 5.32 Å². The summed E-state index contributed by atoms with van der Waals surface area (Å²) >= 11 is 0. The molecule has 88 valence electrons. The predicted molar refractivity (Wildman–Crippen MR) is 52.9 cm³/mol. The molecule has 2 rings (SSSR count). The molecule has 0 aromatic heterocycles. The fourth-order valence-electron chi connectivity index (χ4n) is 1.90. The summed E-state index contributed by atoms with van der Waals surface area (Å²) in [5.74, 6) is -3.75. The van der Waals surface area contributed by atoms with E-state index in [0.29, 0.717) is 6.54 Å². The van der Waals surface area contributed by atoms with Crippen molar-refractivity contribution in [3.8, 4) is 0 Å². The van der Waals surface area contributed by atoms with Crippen LogP contribution in [0, 0.1) is 5.82 Å². The van der Waals surface area contributed by atoms with Crippen LogP contribution in [-0.2, 0) is 10.7 Å². The number of likely N-dealkylation sites (N-methyl/N-ethyl adjacent to an activating group) is 1. The van der Waals surface area contributed by atoms with E-state index in [-0.39, 0.29) is 11.1 Å². The summed E-state index contributed by atoms with van der Waals surface area (Å²) < 4.78 is 45.5. The van der Waals surface area contributed by atoms with Gasteiger partial charge in [-0.2, -0.15) is 8.78 Å². The third-order valence-electron chi connectivity index (χ3n) is 2.62. The van der Waals surface area contributed by atoms with E-state index in [2.05, 4.69) is 5.32 Å². The van der Waals surface area contributed by atoms with Crippen LogP contribution in [0.25, 0.3) is 0 Å². The SMILES string of the molecule is CNC[C@@H]1OCC(F)(F)c2cccc(F)c21. The lowest BCUT2D eigenvalue weighted by atomic mass is 9.94. The lowest BCUT2D eigenvalue weighted by Gasteiger charge is -2.31. The average Bonchev–Trinajstić information content (AvgIpc) is 2.23. The quantitative estimate of drug-likeness (QED) is 0.842. The van der Waals surface area contributed by atoms with Crippen molar-refractivity contribution in [2.24, 2.45) is 0 Å². The highest BCUT2D eigenvalue weighted by Gasteiger charge is 2.42. The van der Waals surface area contributed by atoms with Gasteiger partial charge in [-0.15, -0.1) is 0 Å². The highest BCUT2D eigenvalue weighted by Crippen LogP contribution is 2.40. The van der Waals surface area contributed by atoms with Gasteiger partial charge in [0.2, 0.25) is 0 Å². The highest BCUT2D eigenvalue weighted by molar-refractivity contribution is 5.36. The van der Waals surface area contributed by atoms with Crippen molar-refractivity contribution >= 4 is 0 Å². The number of nitrogens with one attached hydrogen (secondary N) is 1. The predicted octanol–water partition coefficient (Wildman–Crippen LogP) is 2.21. The van der Waals surface area contributed by atoms with Crippen molar-refractivity contribution in [1.29, 1.82) is 0 Å². The topological polar surface area (TPSA) is 21.3 Å². The molecule has 0 bridgehead atoms. The van der Waals surface area contributed by atoms with Crippen LogP contribution >= 0.6 is 0 Å². The number of ether oxygens (including phenoxy) is 1. The lowest BCUT2D eigenvalue weighted by Crippen LogP contribution is -2.34. The molecule has 1 heterocycles.